The molecule has 0 saturated carbocycles. The second-order valence-electron chi connectivity index (χ2n) is 7.08. The van der Waals surface area contributed by atoms with Gasteiger partial charge in [-0.15, -0.1) is 0 Å². The summed E-state index contributed by atoms with van der Waals surface area (Å²) in [6.07, 6.45) is 3.09. The summed E-state index contributed by atoms with van der Waals surface area (Å²) in [5.74, 6) is 0.862. The van der Waals surface area contributed by atoms with Gasteiger partial charge in [0.15, 0.2) is 0 Å². The number of carbonyl (C=O) groups is 1. The number of rotatable bonds is 5. The average Bonchev–Trinajstić information content (AvgIpc) is 3.33. The molecular weight excluding hydrogens is 340 g/mol. The molecule has 1 aromatic heterocycles. The van der Waals surface area contributed by atoms with Gasteiger partial charge in [0.1, 0.15) is 5.84 Å². The van der Waals surface area contributed by atoms with Crippen molar-refractivity contribution in [3.63, 3.8) is 0 Å². The highest BCUT2D eigenvalue weighted by Crippen LogP contribution is 2.19. The van der Waals surface area contributed by atoms with Crippen LogP contribution in [0.4, 0.5) is 0 Å². The van der Waals surface area contributed by atoms with Crippen LogP contribution >= 0.6 is 0 Å². The molecule has 1 amide bonds. The number of nitrogens with zero attached hydrogens (tertiary/aromatic N) is 2. The Bertz CT molecular complexity index is 845. The molecule has 4 rings (SSSR count). The molecule has 27 heavy (non-hydrogen) atoms. The molecule has 2 aliphatic rings. The predicted octanol–water partition coefficient (Wildman–Crippen LogP) is 2.14. The van der Waals surface area contributed by atoms with E-state index in [1.54, 1.807) is 0 Å². The van der Waals surface area contributed by atoms with Crippen molar-refractivity contribution in [3.05, 3.63) is 65.0 Å². The number of pyridine rings is 1. The molecule has 2 atom stereocenters. The zero-order chi connectivity index (χ0) is 18.6. The number of aromatic nitrogens is 1. The van der Waals surface area contributed by atoms with Gasteiger partial charge in [-0.1, -0.05) is 30.3 Å². The van der Waals surface area contributed by atoms with Crippen LogP contribution in [-0.2, 0) is 22.5 Å². The molecule has 0 radical (unpaired) electrons. The number of amidine groups is 1. The minimum Gasteiger partial charge on any atom is -0.379 e. The van der Waals surface area contributed by atoms with Crippen molar-refractivity contribution in [2.75, 3.05) is 13.2 Å². The molecular formula is C21H24N4O2. The van der Waals surface area contributed by atoms with E-state index in [4.69, 9.17) is 4.74 Å². The highest BCUT2D eigenvalue weighted by Gasteiger charge is 2.23. The zero-order valence-corrected chi connectivity index (χ0v) is 15.4. The summed E-state index contributed by atoms with van der Waals surface area (Å²) in [7, 11) is 0. The Labute approximate surface area is 159 Å². The summed E-state index contributed by atoms with van der Waals surface area (Å²) in [5.41, 5.74) is 4.01. The molecule has 3 heterocycles. The smallest absolute Gasteiger partial charge is 0.226 e. The van der Waals surface area contributed by atoms with Gasteiger partial charge in [-0.2, -0.15) is 0 Å². The van der Waals surface area contributed by atoms with Gasteiger partial charge in [-0.3, -0.25) is 14.8 Å². The highest BCUT2D eigenvalue weighted by molar-refractivity contribution is 6.02. The largest absolute Gasteiger partial charge is 0.379 e. The molecule has 2 N–H and O–H groups in total. The fourth-order valence-electron chi connectivity index (χ4n) is 3.48. The number of aliphatic imine (C=N–C) groups is 1. The van der Waals surface area contributed by atoms with Crippen molar-refractivity contribution in [2.45, 2.75) is 38.4 Å². The first-order valence-electron chi connectivity index (χ1n) is 9.40. The van der Waals surface area contributed by atoms with Crippen LogP contribution in [-0.4, -0.2) is 36.0 Å². The van der Waals surface area contributed by atoms with Gasteiger partial charge in [0, 0.05) is 18.4 Å². The van der Waals surface area contributed by atoms with Gasteiger partial charge in [-0.05, 0) is 30.5 Å². The van der Waals surface area contributed by atoms with Crippen molar-refractivity contribution in [1.29, 1.82) is 0 Å². The normalized spacial score (nSPS) is 19.3. The Morgan fingerprint density at radius 1 is 1.33 bits per heavy atom. The van der Waals surface area contributed by atoms with E-state index in [1.165, 1.54) is 0 Å². The summed E-state index contributed by atoms with van der Waals surface area (Å²) >= 11 is 0. The minimum absolute atomic E-state index is 0.0270. The molecule has 140 valence electrons. The number of fused-ring (bicyclic) bond motifs is 1. The Kier molecular flexibility index (Phi) is 5.16. The van der Waals surface area contributed by atoms with E-state index in [1.807, 2.05) is 49.5 Å². The third-order valence-electron chi connectivity index (χ3n) is 5.00. The molecule has 6 heteroatoms. The number of carbonyl (C=O) groups excluding carboxylic acids is 1. The van der Waals surface area contributed by atoms with Crippen LogP contribution in [0.1, 0.15) is 41.8 Å². The topological polar surface area (TPSA) is 75.6 Å². The first kappa shape index (κ1) is 17.7. The maximum Gasteiger partial charge on any atom is 0.226 e. The second-order valence-corrected chi connectivity index (χ2v) is 7.08. The summed E-state index contributed by atoms with van der Waals surface area (Å²) < 4.78 is 5.40. The van der Waals surface area contributed by atoms with Crippen LogP contribution in [0.2, 0.25) is 0 Å². The maximum atomic E-state index is 12.4. The summed E-state index contributed by atoms with van der Waals surface area (Å²) in [6, 6.07) is 12.2. The van der Waals surface area contributed by atoms with Crippen molar-refractivity contribution in [1.82, 2.24) is 15.6 Å². The number of nitrogens with one attached hydrogen (secondary N) is 2. The van der Waals surface area contributed by atoms with Gasteiger partial charge in [0.2, 0.25) is 5.91 Å². The molecule has 0 bridgehead atoms. The van der Waals surface area contributed by atoms with E-state index in [0.29, 0.717) is 12.6 Å². The van der Waals surface area contributed by atoms with E-state index in [-0.39, 0.29) is 18.4 Å². The molecule has 1 fully saturated rings. The average molecular weight is 364 g/mol. The molecule has 0 aliphatic carbocycles. The third kappa shape index (κ3) is 4.17. The van der Waals surface area contributed by atoms with E-state index >= 15 is 0 Å². The van der Waals surface area contributed by atoms with Gasteiger partial charge in [0.05, 0.1) is 37.4 Å². The van der Waals surface area contributed by atoms with E-state index in [0.717, 1.165) is 47.9 Å². The number of amides is 1. The lowest BCUT2D eigenvalue weighted by Crippen LogP contribution is -2.35. The summed E-state index contributed by atoms with van der Waals surface area (Å²) in [5, 5.41) is 6.48. The Balaban J connectivity index is 1.36. The molecule has 1 saturated heterocycles. The Morgan fingerprint density at radius 3 is 2.96 bits per heavy atom. The molecule has 1 aromatic carbocycles. The minimum atomic E-state index is -0.0285. The molecule has 2 aliphatic heterocycles. The zero-order valence-electron chi connectivity index (χ0n) is 15.4. The lowest BCUT2D eigenvalue weighted by molar-refractivity contribution is -0.121. The van der Waals surface area contributed by atoms with Gasteiger partial charge in [-0.25, -0.2) is 0 Å². The standard InChI is InChI=1S/C21H24N4O2/c1-14(15-5-3-2-4-6-15)24-20(26)10-18-9-16-11-23-21(19(16)12-22-18)25-17-7-8-27-13-17/h2-6,9,12,14,17H,7-8,10-11,13H2,1H3,(H,23,25)(H,24,26)/t14-,17-/m1/s1. The van der Waals surface area contributed by atoms with Crippen LogP contribution < -0.4 is 10.6 Å². The molecule has 2 aromatic rings. The van der Waals surface area contributed by atoms with Crippen LogP contribution in [0.15, 0.2) is 47.6 Å². The monoisotopic (exact) mass is 364 g/mol. The van der Waals surface area contributed by atoms with Crippen LogP contribution in [0.3, 0.4) is 0 Å². The molecule has 6 nitrogen and oxygen atoms in total. The Morgan fingerprint density at radius 2 is 2.19 bits per heavy atom. The number of hydrogen-bond acceptors (Lipinski definition) is 5. The van der Waals surface area contributed by atoms with Crippen LogP contribution in [0.5, 0.6) is 0 Å². The second kappa shape index (κ2) is 7.88. The van der Waals surface area contributed by atoms with E-state index < -0.39 is 0 Å². The number of ether oxygens (including phenoxy) is 1. The van der Waals surface area contributed by atoms with Crippen molar-refractivity contribution >= 4 is 11.7 Å². The van der Waals surface area contributed by atoms with Gasteiger partial charge in [0.25, 0.3) is 0 Å². The van der Waals surface area contributed by atoms with Crippen LogP contribution in [0, 0.1) is 0 Å². The predicted molar refractivity (Wildman–Crippen MR) is 104 cm³/mol. The first-order chi connectivity index (χ1) is 13.2. The number of benzene rings is 1. The molecule has 0 unspecified atom stereocenters. The first-order valence-corrected chi connectivity index (χ1v) is 9.40. The van der Waals surface area contributed by atoms with Crippen molar-refractivity contribution in [2.24, 2.45) is 4.99 Å². The lowest BCUT2D eigenvalue weighted by Gasteiger charge is -2.15. The van der Waals surface area contributed by atoms with Crippen molar-refractivity contribution in [3.8, 4) is 0 Å². The SMILES string of the molecule is C[C@@H](NC(=O)Cc1cc2c(cn1)C(N[C@@H]1CCOC1)=NC2)c1ccccc1. The third-order valence-corrected chi connectivity index (χ3v) is 5.00. The summed E-state index contributed by atoms with van der Waals surface area (Å²) in [6.45, 7) is 4.13. The quantitative estimate of drug-likeness (QED) is 0.852. The Hall–Kier alpha value is -2.73. The van der Waals surface area contributed by atoms with Gasteiger partial charge < -0.3 is 15.4 Å². The highest BCUT2D eigenvalue weighted by atomic mass is 16.5. The van der Waals surface area contributed by atoms with E-state index in [2.05, 4.69) is 20.6 Å². The van der Waals surface area contributed by atoms with E-state index in [9.17, 15) is 4.79 Å². The number of hydrogen-bond donors (Lipinski definition) is 2. The molecule has 0 spiro atoms. The van der Waals surface area contributed by atoms with Crippen molar-refractivity contribution < 1.29 is 9.53 Å². The summed E-state index contributed by atoms with van der Waals surface area (Å²) in [4.78, 5) is 21.5. The lowest BCUT2D eigenvalue weighted by atomic mass is 10.1. The van der Waals surface area contributed by atoms with Crippen LogP contribution in [0.25, 0.3) is 0 Å². The fraction of sp³-hybridized carbons (Fsp3) is 0.381. The maximum absolute atomic E-state index is 12.4. The fourth-order valence-corrected chi connectivity index (χ4v) is 3.48. The van der Waals surface area contributed by atoms with Gasteiger partial charge >= 0.3 is 0 Å².